The van der Waals surface area contributed by atoms with Crippen LogP contribution < -0.4 is 0 Å². The van der Waals surface area contributed by atoms with Crippen molar-refractivity contribution in [1.29, 1.82) is 0 Å². The summed E-state index contributed by atoms with van der Waals surface area (Å²) in [7, 11) is 0. The van der Waals surface area contributed by atoms with Crippen LogP contribution in [0, 0.1) is 0 Å². The largest absolute Gasteiger partial charge is 0.309 e. The van der Waals surface area contributed by atoms with Crippen LogP contribution in [-0.4, -0.2) is 39.0 Å². The van der Waals surface area contributed by atoms with Crippen LogP contribution >= 0.6 is 0 Å². The van der Waals surface area contributed by atoms with Gasteiger partial charge in [0.25, 0.3) is 0 Å². The van der Waals surface area contributed by atoms with Crippen LogP contribution in [0.1, 0.15) is 0 Å². The Morgan fingerprint density at radius 1 is 0.194 bits per heavy atom. The standard InChI is InChI=1S/C90H58N8/c1-6-24-59(25-7-1)86-68(36-20-50-91-86)64-42-46-72-73-47-43-65(69-37-21-51-92-87(69)60-26-8-2-9-27-60)55-83(73)97(82(72)54-64)80-40-18-16-34-76(80)78-58-79(96-90(95-78)63-32-14-5-15-33-63)77-35-17-19-41-81(77)98-84-56-66(70-38-22-52-93-88(70)61-28-10-3-11-29-61)44-48-74(84)75-49-45-67(57-85(75)98)71-39-23-53-94-89(71)62-30-12-4-13-31-62/h1-58H. The number of benzene rings is 11. The average molecular weight is 1250 g/mol. The highest BCUT2D eigenvalue weighted by Crippen LogP contribution is 2.45. The molecule has 0 bridgehead atoms. The molecule has 7 aromatic heterocycles. The van der Waals surface area contributed by atoms with Crippen molar-refractivity contribution in [2.45, 2.75) is 0 Å². The molecule has 0 N–H and O–H groups in total. The second-order valence-corrected chi connectivity index (χ2v) is 24.5. The molecule has 0 saturated heterocycles. The van der Waals surface area contributed by atoms with E-state index in [9.17, 15) is 0 Å². The molecule has 0 spiro atoms. The van der Waals surface area contributed by atoms with Crippen LogP contribution in [0.5, 0.6) is 0 Å². The minimum atomic E-state index is 0.603. The first-order valence-corrected chi connectivity index (χ1v) is 33.0. The lowest BCUT2D eigenvalue weighted by Crippen LogP contribution is -2.03. The van der Waals surface area contributed by atoms with E-state index in [0.29, 0.717) is 5.82 Å². The van der Waals surface area contributed by atoms with Gasteiger partial charge in [0.1, 0.15) is 0 Å². The fourth-order valence-corrected chi connectivity index (χ4v) is 14.3. The van der Waals surface area contributed by atoms with E-state index in [2.05, 4.69) is 282 Å². The summed E-state index contributed by atoms with van der Waals surface area (Å²) in [5.74, 6) is 0.603. The Balaban J connectivity index is 0.873. The van der Waals surface area contributed by atoms with E-state index in [-0.39, 0.29) is 0 Å². The molecule has 0 amide bonds. The van der Waals surface area contributed by atoms with Gasteiger partial charge in [0.15, 0.2) is 5.82 Å². The first-order valence-electron chi connectivity index (χ1n) is 33.0. The lowest BCUT2D eigenvalue weighted by molar-refractivity contribution is 1.14. The van der Waals surface area contributed by atoms with Gasteiger partial charge in [-0.05, 0) is 89.0 Å². The van der Waals surface area contributed by atoms with Crippen molar-refractivity contribution in [3.8, 4) is 135 Å². The van der Waals surface area contributed by atoms with Crippen LogP contribution in [0.15, 0.2) is 352 Å². The predicted molar refractivity (Wildman–Crippen MR) is 402 cm³/mol. The molecule has 18 rings (SSSR count). The maximum Gasteiger partial charge on any atom is 0.160 e. The molecule has 458 valence electrons. The molecular weight excluding hydrogens is 1190 g/mol. The molecule has 8 nitrogen and oxygen atoms in total. The summed E-state index contributed by atoms with van der Waals surface area (Å²) in [6.07, 6.45) is 7.52. The Bertz CT molecular complexity index is 5420. The molecule has 0 aliphatic rings. The van der Waals surface area contributed by atoms with Gasteiger partial charge < -0.3 is 9.13 Å². The second kappa shape index (κ2) is 24.6. The molecule has 0 saturated carbocycles. The summed E-state index contributed by atoms with van der Waals surface area (Å²) in [6.45, 7) is 0. The van der Waals surface area contributed by atoms with Crippen molar-refractivity contribution in [2.24, 2.45) is 0 Å². The molecule has 0 atom stereocenters. The zero-order valence-electron chi connectivity index (χ0n) is 53.1. The van der Waals surface area contributed by atoms with E-state index in [1.54, 1.807) is 0 Å². The summed E-state index contributed by atoms with van der Waals surface area (Å²) in [5, 5.41) is 4.46. The highest BCUT2D eigenvalue weighted by atomic mass is 15.0. The summed E-state index contributed by atoms with van der Waals surface area (Å²) in [6, 6.07) is 116. The van der Waals surface area contributed by atoms with Gasteiger partial charge in [0.05, 0.1) is 67.6 Å². The summed E-state index contributed by atoms with van der Waals surface area (Å²) in [5.41, 5.74) is 26.6. The Morgan fingerprint density at radius 3 is 0.745 bits per heavy atom. The molecule has 0 unspecified atom stereocenters. The lowest BCUT2D eigenvalue weighted by atomic mass is 9.97. The SMILES string of the molecule is c1ccc(-c2nc(-c3ccccc3-n3c4cc(-c5cccnc5-c5ccccc5)ccc4c4ccc(-c5cccnc5-c5ccccc5)cc43)cc(-c3ccccc3-n3c4cc(-c5cccnc5-c5ccccc5)ccc4c4ccc(-c5cccnc5-c5ccccc5)cc43)n2)cc1. The topological polar surface area (TPSA) is 87.2 Å². The Morgan fingerprint density at radius 2 is 0.449 bits per heavy atom. The highest BCUT2D eigenvalue weighted by molar-refractivity contribution is 6.14. The lowest BCUT2D eigenvalue weighted by Gasteiger charge is -2.18. The van der Waals surface area contributed by atoms with Crippen molar-refractivity contribution in [3.05, 3.63) is 352 Å². The molecule has 0 aliphatic carbocycles. The van der Waals surface area contributed by atoms with Crippen molar-refractivity contribution >= 4 is 43.6 Å². The summed E-state index contributed by atoms with van der Waals surface area (Å²) < 4.78 is 4.87. The molecule has 0 radical (unpaired) electrons. The van der Waals surface area contributed by atoms with Gasteiger partial charge in [-0.1, -0.05) is 261 Å². The number of hydrogen-bond acceptors (Lipinski definition) is 6. The van der Waals surface area contributed by atoms with E-state index in [1.165, 1.54) is 0 Å². The number of aromatic nitrogens is 8. The monoisotopic (exact) mass is 1250 g/mol. The molecule has 8 heteroatoms. The van der Waals surface area contributed by atoms with Crippen molar-refractivity contribution in [2.75, 3.05) is 0 Å². The van der Waals surface area contributed by atoms with Gasteiger partial charge in [-0.15, -0.1) is 0 Å². The molecule has 0 fully saturated rings. The van der Waals surface area contributed by atoms with Crippen molar-refractivity contribution in [3.63, 3.8) is 0 Å². The minimum absolute atomic E-state index is 0.603. The zero-order valence-corrected chi connectivity index (χ0v) is 53.1. The first-order chi connectivity index (χ1) is 48.6. The summed E-state index contributed by atoms with van der Waals surface area (Å²) >= 11 is 0. The first kappa shape index (κ1) is 57.4. The van der Waals surface area contributed by atoms with E-state index in [1.807, 2.05) is 79.4 Å². The third kappa shape index (κ3) is 10.2. The van der Waals surface area contributed by atoms with Crippen LogP contribution in [0.4, 0.5) is 0 Å². The van der Waals surface area contributed by atoms with E-state index in [0.717, 1.165) is 173 Å². The third-order valence-corrected chi connectivity index (χ3v) is 18.8. The van der Waals surface area contributed by atoms with Crippen LogP contribution in [0.3, 0.4) is 0 Å². The van der Waals surface area contributed by atoms with Gasteiger partial charge in [-0.3, -0.25) is 19.9 Å². The number of rotatable bonds is 13. The maximum atomic E-state index is 5.64. The van der Waals surface area contributed by atoms with Gasteiger partial charge in [-0.2, -0.15) is 0 Å². The molecule has 98 heavy (non-hydrogen) atoms. The fraction of sp³-hybridized carbons (Fsp3) is 0. The van der Waals surface area contributed by atoms with Crippen molar-refractivity contribution in [1.82, 2.24) is 39.0 Å². The van der Waals surface area contributed by atoms with Gasteiger partial charge >= 0.3 is 0 Å². The number of nitrogens with zero attached hydrogens (tertiary/aromatic N) is 8. The van der Waals surface area contributed by atoms with E-state index >= 15 is 0 Å². The van der Waals surface area contributed by atoms with E-state index in [4.69, 9.17) is 29.9 Å². The van der Waals surface area contributed by atoms with Gasteiger partial charge in [0, 0.05) is 108 Å². The molecule has 7 heterocycles. The minimum Gasteiger partial charge on any atom is -0.309 e. The number of fused-ring (bicyclic) bond motifs is 6. The van der Waals surface area contributed by atoms with Gasteiger partial charge in [-0.25, -0.2) is 9.97 Å². The average Bonchev–Trinajstić information content (AvgIpc) is 1.56. The van der Waals surface area contributed by atoms with Crippen LogP contribution in [0.25, 0.3) is 178 Å². The Hall–Kier alpha value is -13.3. The maximum absolute atomic E-state index is 5.64. The third-order valence-electron chi connectivity index (χ3n) is 18.8. The smallest absolute Gasteiger partial charge is 0.160 e. The fourth-order valence-electron chi connectivity index (χ4n) is 14.3. The second-order valence-electron chi connectivity index (χ2n) is 24.5. The number of hydrogen-bond donors (Lipinski definition) is 0. The number of para-hydroxylation sites is 2. The molecule has 0 aliphatic heterocycles. The summed E-state index contributed by atoms with van der Waals surface area (Å²) in [4.78, 5) is 31.3. The molecule has 11 aromatic carbocycles. The van der Waals surface area contributed by atoms with Gasteiger partial charge in [0.2, 0.25) is 0 Å². The van der Waals surface area contributed by atoms with Crippen molar-refractivity contribution < 1.29 is 0 Å². The Kier molecular flexibility index (Phi) is 14.4. The van der Waals surface area contributed by atoms with Crippen LogP contribution in [0.2, 0.25) is 0 Å². The Labute approximate surface area is 566 Å². The molecule has 18 aromatic rings. The van der Waals surface area contributed by atoms with Crippen LogP contribution in [-0.2, 0) is 0 Å². The normalized spacial score (nSPS) is 11.5. The highest BCUT2D eigenvalue weighted by Gasteiger charge is 2.25. The van der Waals surface area contributed by atoms with E-state index < -0.39 is 0 Å². The quantitative estimate of drug-likeness (QED) is 0.114. The molecular formula is C90H58N8. The zero-order chi connectivity index (χ0) is 64.9. The number of pyridine rings is 4. The predicted octanol–water partition coefficient (Wildman–Crippen LogP) is 22.6.